The van der Waals surface area contributed by atoms with E-state index in [1.165, 1.54) is 4.40 Å². The van der Waals surface area contributed by atoms with E-state index in [1.807, 2.05) is 42.5 Å². The van der Waals surface area contributed by atoms with Gasteiger partial charge in [0.15, 0.2) is 0 Å². The number of fused-ring (bicyclic) bond motifs is 2. The molecule has 26 heavy (non-hydrogen) atoms. The van der Waals surface area contributed by atoms with E-state index in [4.69, 9.17) is 5.73 Å². The van der Waals surface area contributed by atoms with Gasteiger partial charge < -0.3 is 10.6 Å². The number of para-hydroxylation sites is 1. The number of nitrogens with zero attached hydrogens (tertiary/aromatic N) is 3. The zero-order chi connectivity index (χ0) is 18.3. The van der Waals surface area contributed by atoms with Crippen molar-refractivity contribution in [2.45, 2.75) is 31.8 Å². The first-order valence-electron chi connectivity index (χ1n) is 8.67. The molecule has 0 fully saturated rings. The number of hydrogen-bond donors (Lipinski definition) is 1. The SMILES string of the molecule is C[C@@H]1C[C@H](C(N)=O)c2ccccc2N1Cc1cc(=O)n2ccccc2n1. The van der Waals surface area contributed by atoms with Crippen molar-refractivity contribution >= 4 is 17.2 Å². The molecule has 0 unspecified atom stereocenters. The van der Waals surface area contributed by atoms with E-state index in [2.05, 4.69) is 16.8 Å². The molecule has 0 bridgehead atoms. The van der Waals surface area contributed by atoms with Crippen molar-refractivity contribution in [2.75, 3.05) is 4.90 Å². The van der Waals surface area contributed by atoms with Crippen LogP contribution >= 0.6 is 0 Å². The standard InChI is InChI=1S/C20H20N4O2/c1-13-10-16(20(21)26)15-6-2-3-7-17(15)24(13)12-14-11-19(25)23-9-5-4-8-18(23)22-14/h2-9,11,13,16H,10,12H2,1H3,(H2,21,26)/t13-,16+/m1/s1. The first kappa shape index (κ1) is 16.3. The van der Waals surface area contributed by atoms with Gasteiger partial charge in [-0.2, -0.15) is 0 Å². The van der Waals surface area contributed by atoms with Gasteiger partial charge in [0.25, 0.3) is 5.56 Å². The van der Waals surface area contributed by atoms with Gasteiger partial charge in [0, 0.05) is 24.0 Å². The molecule has 2 aromatic heterocycles. The molecule has 1 amide bonds. The fourth-order valence-electron chi connectivity index (χ4n) is 3.75. The Labute approximate surface area is 150 Å². The highest BCUT2D eigenvalue weighted by Gasteiger charge is 2.33. The van der Waals surface area contributed by atoms with Crippen LogP contribution in [-0.4, -0.2) is 21.3 Å². The minimum Gasteiger partial charge on any atom is -0.369 e. The summed E-state index contributed by atoms with van der Waals surface area (Å²) in [5.41, 5.74) is 8.77. The van der Waals surface area contributed by atoms with E-state index in [9.17, 15) is 9.59 Å². The molecule has 0 saturated carbocycles. The first-order valence-corrected chi connectivity index (χ1v) is 8.67. The predicted octanol–water partition coefficient (Wildman–Crippen LogP) is 2.06. The van der Waals surface area contributed by atoms with Gasteiger partial charge in [-0.1, -0.05) is 24.3 Å². The number of carbonyl (C=O) groups excluding carboxylic acids is 1. The molecule has 2 N–H and O–H groups in total. The van der Waals surface area contributed by atoms with Crippen LogP contribution in [0.1, 0.15) is 30.5 Å². The summed E-state index contributed by atoms with van der Waals surface area (Å²) in [5, 5.41) is 0. The Morgan fingerprint density at radius 2 is 2.00 bits per heavy atom. The molecule has 3 heterocycles. The lowest BCUT2D eigenvalue weighted by Crippen LogP contribution is -2.41. The van der Waals surface area contributed by atoms with E-state index < -0.39 is 0 Å². The second kappa shape index (κ2) is 6.29. The lowest BCUT2D eigenvalue weighted by atomic mass is 9.85. The average Bonchev–Trinajstić information content (AvgIpc) is 2.63. The molecule has 0 spiro atoms. The maximum Gasteiger partial charge on any atom is 0.258 e. The number of amides is 1. The molecule has 4 rings (SSSR count). The van der Waals surface area contributed by atoms with Crippen molar-refractivity contribution in [3.05, 3.63) is 76.3 Å². The summed E-state index contributed by atoms with van der Waals surface area (Å²) in [6.45, 7) is 2.57. The van der Waals surface area contributed by atoms with Gasteiger partial charge in [-0.3, -0.25) is 14.0 Å². The lowest BCUT2D eigenvalue weighted by molar-refractivity contribution is -0.119. The van der Waals surface area contributed by atoms with E-state index in [-0.39, 0.29) is 23.4 Å². The zero-order valence-electron chi connectivity index (χ0n) is 14.5. The third-order valence-electron chi connectivity index (χ3n) is 5.03. The van der Waals surface area contributed by atoms with Crippen LogP contribution in [-0.2, 0) is 11.3 Å². The van der Waals surface area contributed by atoms with Crippen molar-refractivity contribution in [3.63, 3.8) is 0 Å². The summed E-state index contributed by atoms with van der Waals surface area (Å²) in [6, 6.07) is 15.0. The molecule has 0 aliphatic carbocycles. The largest absolute Gasteiger partial charge is 0.369 e. The number of carbonyl (C=O) groups is 1. The summed E-state index contributed by atoms with van der Waals surface area (Å²) in [7, 11) is 0. The van der Waals surface area contributed by atoms with Gasteiger partial charge in [0.05, 0.1) is 18.2 Å². The van der Waals surface area contributed by atoms with Crippen molar-refractivity contribution in [2.24, 2.45) is 5.73 Å². The van der Waals surface area contributed by atoms with Crippen LogP contribution in [0.5, 0.6) is 0 Å². The quantitative estimate of drug-likeness (QED) is 0.786. The summed E-state index contributed by atoms with van der Waals surface area (Å²) in [4.78, 5) is 31.0. The van der Waals surface area contributed by atoms with E-state index in [0.717, 1.165) is 11.3 Å². The predicted molar refractivity (Wildman–Crippen MR) is 100 cm³/mol. The summed E-state index contributed by atoms with van der Waals surface area (Å²) >= 11 is 0. The molecular weight excluding hydrogens is 328 g/mol. The fourth-order valence-corrected chi connectivity index (χ4v) is 3.75. The third kappa shape index (κ3) is 2.73. The second-order valence-corrected chi connectivity index (χ2v) is 6.74. The van der Waals surface area contributed by atoms with E-state index in [0.29, 0.717) is 24.3 Å². The molecule has 132 valence electrons. The third-order valence-corrected chi connectivity index (χ3v) is 5.03. The molecule has 1 aliphatic rings. The molecule has 6 nitrogen and oxygen atoms in total. The number of hydrogen-bond acceptors (Lipinski definition) is 4. The number of nitrogens with two attached hydrogens (primary N) is 1. The highest BCUT2D eigenvalue weighted by Crippen LogP contribution is 2.38. The lowest BCUT2D eigenvalue weighted by Gasteiger charge is -2.39. The van der Waals surface area contributed by atoms with Gasteiger partial charge in [-0.05, 0) is 37.1 Å². The maximum absolute atomic E-state index is 12.4. The number of aromatic nitrogens is 2. The second-order valence-electron chi connectivity index (χ2n) is 6.74. The van der Waals surface area contributed by atoms with Crippen molar-refractivity contribution in [1.82, 2.24) is 9.38 Å². The summed E-state index contributed by atoms with van der Waals surface area (Å²) in [6.07, 6.45) is 2.36. The fraction of sp³-hybridized carbons (Fsp3) is 0.250. The Kier molecular flexibility index (Phi) is 3.95. The monoisotopic (exact) mass is 348 g/mol. The van der Waals surface area contributed by atoms with Crippen LogP contribution in [0.3, 0.4) is 0 Å². The van der Waals surface area contributed by atoms with Gasteiger partial charge in [0.2, 0.25) is 5.91 Å². The van der Waals surface area contributed by atoms with Crippen molar-refractivity contribution < 1.29 is 4.79 Å². The summed E-state index contributed by atoms with van der Waals surface area (Å²) < 4.78 is 1.53. The molecule has 3 aromatic rings. The highest BCUT2D eigenvalue weighted by molar-refractivity contribution is 5.85. The molecule has 6 heteroatoms. The molecule has 0 saturated heterocycles. The number of rotatable bonds is 3. The Balaban J connectivity index is 1.75. The van der Waals surface area contributed by atoms with Crippen molar-refractivity contribution in [3.8, 4) is 0 Å². The average molecular weight is 348 g/mol. The normalized spacial score (nSPS) is 19.3. The Hall–Kier alpha value is -3.15. The van der Waals surface area contributed by atoms with Crippen molar-refractivity contribution in [1.29, 1.82) is 0 Å². The molecule has 1 aliphatic heterocycles. The first-order chi connectivity index (χ1) is 12.5. The topological polar surface area (TPSA) is 80.7 Å². The molecule has 2 atom stereocenters. The van der Waals surface area contributed by atoms with Crippen LogP contribution in [0.15, 0.2) is 59.5 Å². The van der Waals surface area contributed by atoms with Gasteiger partial charge in [-0.25, -0.2) is 4.98 Å². The van der Waals surface area contributed by atoms with Gasteiger partial charge >= 0.3 is 0 Å². The van der Waals surface area contributed by atoms with Crippen LogP contribution in [0.4, 0.5) is 5.69 Å². The Morgan fingerprint density at radius 3 is 2.81 bits per heavy atom. The van der Waals surface area contributed by atoms with Crippen LogP contribution < -0.4 is 16.2 Å². The molecule has 0 radical (unpaired) electrons. The molecule has 1 aromatic carbocycles. The van der Waals surface area contributed by atoms with Gasteiger partial charge in [0.1, 0.15) is 5.65 Å². The van der Waals surface area contributed by atoms with Crippen LogP contribution in [0, 0.1) is 0 Å². The maximum atomic E-state index is 12.4. The smallest absolute Gasteiger partial charge is 0.258 e. The minimum absolute atomic E-state index is 0.0986. The highest BCUT2D eigenvalue weighted by atomic mass is 16.1. The number of anilines is 1. The van der Waals surface area contributed by atoms with Gasteiger partial charge in [-0.15, -0.1) is 0 Å². The summed E-state index contributed by atoms with van der Waals surface area (Å²) in [5.74, 6) is -0.585. The minimum atomic E-state index is -0.300. The number of pyridine rings is 1. The van der Waals surface area contributed by atoms with E-state index in [1.54, 1.807) is 12.3 Å². The zero-order valence-corrected chi connectivity index (χ0v) is 14.5. The Bertz CT molecular complexity index is 1040. The van der Waals surface area contributed by atoms with Crippen LogP contribution in [0.25, 0.3) is 5.65 Å². The number of primary amides is 1. The van der Waals surface area contributed by atoms with Crippen LogP contribution in [0.2, 0.25) is 0 Å². The Morgan fingerprint density at radius 1 is 1.23 bits per heavy atom. The molecular formula is C20H20N4O2. The van der Waals surface area contributed by atoms with E-state index >= 15 is 0 Å². The number of benzene rings is 1.